The summed E-state index contributed by atoms with van der Waals surface area (Å²) in [4.78, 5) is 24.3. The average Bonchev–Trinajstić information content (AvgIpc) is 2.84. The van der Waals surface area contributed by atoms with E-state index in [1.807, 2.05) is 38.1 Å². The molecule has 1 heterocycles. The van der Waals surface area contributed by atoms with Crippen molar-refractivity contribution in [3.63, 3.8) is 0 Å². The topological polar surface area (TPSA) is 66.4 Å². The van der Waals surface area contributed by atoms with Crippen LogP contribution in [0.25, 0.3) is 0 Å². The summed E-state index contributed by atoms with van der Waals surface area (Å²) >= 11 is 1.32. The SMILES string of the molecule is CCc1cc(C(=O)O)c(NC(=O)Cc2ccccc2C)s1. The van der Waals surface area contributed by atoms with E-state index >= 15 is 0 Å². The van der Waals surface area contributed by atoms with E-state index in [-0.39, 0.29) is 17.9 Å². The molecular weight excluding hydrogens is 286 g/mol. The molecule has 4 nitrogen and oxygen atoms in total. The van der Waals surface area contributed by atoms with Gasteiger partial charge in [0.25, 0.3) is 0 Å². The Hall–Kier alpha value is -2.14. The Morgan fingerprint density at radius 2 is 2.00 bits per heavy atom. The number of nitrogens with one attached hydrogen (secondary N) is 1. The summed E-state index contributed by atoms with van der Waals surface area (Å²) in [6, 6.07) is 9.28. The van der Waals surface area contributed by atoms with Gasteiger partial charge in [0.15, 0.2) is 0 Å². The first-order valence-electron chi connectivity index (χ1n) is 6.71. The molecule has 1 aromatic heterocycles. The third kappa shape index (κ3) is 3.70. The quantitative estimate of drug-likeness (QED) is 0.888. The van der Waals surface area contributed by atoms with Crippen LogP contribution < -0.4 is 5.32 Å². The number of carboxylic acids is 1. The molecule has 1 amide bonds. The maximum atomic E-state index is 12.1. The minimum absolute atomic E-state index is 0.162. The predicted octanol–water partition coefficient (Wildman–Crippen LogP) is 3.50. The van der Waals surface area contributed by atoms with Crippen LogP contribution in [0.3, 0.4) is 0 Å². The van der Waals surface area contributed by atoms with Gasteiger partial charge in [0.1, 0.15) is 5.00 Å². The highest BCUT2D eigenvalue weighted by Gasteiger charge is 2.17. The fourth-order valence-electron chi connectivity index (χ4n) is 2.02. The number of hydrogen-bond donors (Lipinski definition) is 2. The molecule has 0 aliphatic heterocycles. The molecule has 0 unspecified atom stereocenters. The number of rotatable bonds is 5. The van der Waals surface area contributed by atoms with Gasteiger partial charge in [0.2, 0.25) is 5.91 Å². The van der Waals surface area contributed by atoms with Gasteiger partial charge in [-0.3, -0.25) is 4.79 Å². The van der Waals surface area contributed by atoms with Crippen molar-refractivity contribution in [1.29, 1.82) is 0 Å². The zero-order chi connectivity index (χ0) is 15.4. The van der Waals surface area contributed by atoms with Crippen molar-refractivity contribution in [3.05, 3.63) is 51.9 Å². The molecule has 2 rings (SSSR count). The van der Waals surface area contributed by atoms with E-state index in [2.05, 4.69) is 5.32 Å². The summed E-state index contributed by atoms with van der Waals surface area (Å²) in [5, 5.41) is 12.3. The third-order valence-electron chi connectivity index (χ3n) is 3.23. The summed E-state index contributed by atoms with van der Waals surface area (Å²) in [6.07, 6.45) is 0.990. The Labute approximate surface area is 127 Å². The Bertz CT molecular complexity index is 676. The van der Waals surface area contributed by atoms with E-state index in [1.165, 1.54) is 11.3 Å². The number of aromatic carboxylic acids is 1. The number of carbonyl (C=O) groups excluding carboxylic acids is 1. The van der Waals surface area contributed by atoms with Gasteiger partial charge in [0.05, 0.1) is 12.0 Å². The van der Waals surface area contributed by atoms with Crippen LogP contribution in [0.15, 0.2) is 30.3 Å². The van der Waals surface area contributed by atoms with Crippen LogP contribution in [-0.4, -0.2) is 17.0 Å². The van der Waals surface area contributed by atoms with Gasteiger partial charge < -0.3 is 10.4 Å². The van der Waals surface area contributed by atoms with Gasteiger partial charge >= 0.3 is 5.97 Å². The summed E-state index contributed by atoms with van der Waals surface area (Å²) in [5.74, 6) is -1.21. The third-order valence-corrected chi connectivity index (χ3v) is 4.42. The van der Waals surface area contributed by atoms with Crippen LogP contribution in [0.1, 0.15) is 33.3 Å². The Kier molecular flexibility index (Phi) is 4.75. The first kappa shape index (κ1) is 15.3. The van der Waals surface area contributed by atoms with Crippen molar-refractivity contribution < 1.29 is 14.7 Å². The Balaban J connectivity index is 2.14. The van der Waals surface area contributed by atoms with E-state index in [9.17, 15) is 14.7 Å². The fourth-order valence-corrected chi connectivity index (χ4v) is 3.02. The number of anilines is 1. The van der Waals surface area contributed by atoms with Crippen molar-refractivity contribution in [2.45, 2.75) is 26.7 Å². The van der Waals surface area contributed by atoms with Crippen LogP contribution >= 0.6 is 11.3 Å². The second-order valence-electron chi connectivity index (χ2n) is 4.77. The highest BCUT2D eigenvalue weighted by molar-refractivity contribution is 7.16. The maximum Gasteiger partial charge on any atom is 0.338 e. The lowest BCUT2D eigenvalue weighted by Crippen LogP contribution is -2.15. The van der Waals surface area contributed by atoms with Crippen LogP contribution in [0.4, 0.5) is 5.00 Å². The number of hydrogen-bond acceptors (Lipinski definition) is 3. The number of thiophene rings is 1. The first-order valence-corrected chi connectivity index (χ1v) is 7.53. The number of carboxylic acid groups (broad SMARTS) is 1. The second kappa shape index (κ2) is 6.54. The highest BCUT2D eigenvalue weighted by Crippen LogP contribution is 2.28. The van der Waals surface area contributed by atoms with Gasteiger partial charge in [-0.15, -0.1) is 11.3 Å². The number of benzene rings is 1. The minimum Gasteiger partial charge on any atom is -0.478 e. The summed E-state index contributed by atoms with van der Waals surface area (Å²) < 4.78 is 0. The van der Waals surface area contributed by atoms with Crippen molar-refractivity contribution in [1.82, 2.24) is 0 Å². The van der Waals surface area contributed by atoms with E-state index in [0.717, 1.165) is 22.4 Å². The molecule has 0 saturated carbocycles. The minimum atomic E-state index is -1.02. The molecule has 21 heavy (non-hydrogen) atoms. The molecule has 5 heteroatoms. The van der Waals surface area contributed by atoms with Crippen LogP contribution in [0.2, 0.25) is 0 Å². The van der Waals surface area contributed by atoms with Crippen LogP contribution in [0, 0.1) is 6.92 Å². The van der Waals surface area contributed by atoms with Gasteiger partial charge in [-0.2, -0.15) is 0 Å². The molecule has 110 valence electrons. The molecule has 0 atom stereocenters. The van der Waals surface area contributed by atoms with Crippen LogP contribution in [0.5, 0.6) is 0 Å². The van der Waals surface area contributed by atoms with E-state index in [1.54, 1.807) is 6.07 Å². The molecule has 2 N–H and O–H groups in total. The Morgan fingerprint density at radius 3 is 2.62 bits per heavy atom. The summed E-state index contributed by atoms with van der Waals surface area (Å²) in [7, 11) is 0. The zero-order valence-corrected chi connectivity index (χ0v) is 12.8. The molecular formula is C16H17NO3S. The predicted molar refractivity (Wildman–Crippen MR) is 84.2 cm³/mol. The van der Waals surface area contributed by atoms with Gasteiger partial charge in [-0.05, 0) is 30.5 Å². The molecule has 2 aromatic rings. The molecule has 0 bridgehead atoms. The van der Waals surface area contributed by atoms with Gasteiger partial charge in [-0.25, -0.2) is 4.79 Å². The normalized spacial score (nSPS) is 10.4. The van der Waals surface area contributed by atoms with Crippen LogP contribution in [-0.2, 0) is 17.6 Å². The molecule has 0 saturated heterocycles. The number of carbonyl (C=O) groups is 2. The largest absolute Gasteiger partial charge is 0.478 e. The molecule has 0 spiro atoms. The molecule has 0 fully saturated rings. The monoisotopic (exact) mass is 303 g/mol. The van der Waals surface area contributed by atoms with E-state index in [4.69, 9.17) is 0 Å². The number of aryl methyl sites for hydroxylation is 2. The lowest BCUT2D eigenvalue weighted by molar-refractivity contribution is -0.115. The zero-order valence-electron chi connectivity index (χ0n) is 12.0. The number of amides is 1. The van der Waals surface area contributed by atoms with Gasteiger partial charge in [0, 0.05) is 4.88 Å². The molecule has 0 aliphatic carbocycles. The fraction of sp³-hybridized carbons (Fsp3) is 0.250. The lowest BCUT2D eigenvalue weighted by atomic mass is 10.1. The standard InChI is InChI=1S/C16H17NO3S/c1-3-12-9-13(16(19)20)15(21-12)17-14(18)8-11-7-5-4-6-10(11)2/h4-7,9H,3,8H2,1-2H3,(H,17,18)(H,19,20). The van der Waals surface area contributed by atoms with E-state index < -0.39 is 5.97 Å². The van der Waals surface area contributed by atoms with Crippen molar-refractivity contribution in [2.24, 2.45) is 0 Å². The second-order valence-corrected chi connectivity index (χ2v) is 5.90. The smallest absolute Gasteiger partial charge is 0.338 e. The first-order chi connectivity index (χ1) is 10.0. The lowest BCUT2D eigenvalue weighted by Gasteiger charge is -2.06. The maximum absolute atomic E-state index is 12.1. The highest BCUT2D eigenvalue weighted by atomic mass is 32.1. The van der Waals surface area contributed by atoms with Crippen molar-refractivity contribution in [3.8, 4) is 0 Å². The average molecular weight is 303 g/mol. The molecule has 0 radical (unpaired) electrons. The Morgan fingerprint density at radius 1 is 1.29 bits per heavy atom. The van der Waals surface area contributed by atoms with E-state index in [0.29, 0.717) is 5.00 Å². The summed E-state index contributed by atoms with van der Waals surface area (Å²) in [6.45, 7) is 3.90. The van der Waals surface area contributed by atoms with Crippen molar-refractivity contribution in [2.75, 3.05) is 5.32 Å². The molecule has 0 aliphatic rings. The molecule has 1 aromatic carbocycles. The summed E-state index contributed by atoms with van der Waals surface area (Å²) in [5.41, 5.74) is 2.15. The van der Waals surface area contributed by atoms with Crippen molar-refractivity contribution >= 4 is 28.2 Å². The van der Waals surface area contributed by atoms with Gasteiger partial charge in [-0.1, -0.05) is 31.2 Å².